The molecule has 2 nitrogen and oxygen atoms in total. The van der Waals surface area contributed by atoms with Crippen LogP contribution in [0.3, 0.4) is 0 Å². The fourth-order valence-electron chi connectivity index (χ4n) is 0.0481. The molecule has 0 aromatic rings. The van der Waals surface area contributed by atoms with Crippen LogP contribution in [0.5, 0.6) is 0 Å². The molecule has 0 aliphatic rings. The molecule has 0 rings (SSSR count). The first kappa shape index (κ1) is 8.82. The Morgan fingerprint density at radius 1 is 1.83 bits per heavy atom. The fraction of sp³-hybridized carbons (Fsp3) is 0.333. The molecule has 0 saturated carbocycles. The van der Waals surface area contributed by atoms with Crippen LogP contribution in [0, 0.1) is 6.92 Å². The van der Waals surface area contributed by atoms with Gasteiger partial charge in [0.2, 0.25) is 0 Å². The van der Waals surface area contributed by atoms with Crippen LogP contribution in [0.15, 0.2) is 0 Å². The predicted octanol–water partition coefficient (Wildman–Crippen LogP) is -0.00651. The van der Waals surface area contributed by atoms with Gasteiger partial charge in [0.25, 0.3) is 6.47 Å². The first-order chi connectivity index (χ1) is 2.41. The summed E-state index contributed by atoms with van der Waals surface area (Å²) in [6.07, 6.45) is 0. The third kappa shape index (κ3) is 24.2. The van der Waals surface area contributed by atoms with Crippen LogP contribution in [0.1, 0.15) is 0 Å². The second-order valence-corrected chi connectivity index (χ2v) is 0.467. The van der Waals surface area contributed by atoms with Gasteiger partial charge in [-0.15, -0.1) is 0 Å². The Morgan fingerprint density at radius 2 is 2.33 bits per heavy atom. The van der Waals surface area contributed by atoms with E-state index in [0.29, 0.717) is 6.47 Å². The summed E-state index contributed by atoms with van der Waals surface area (Å²) >= 11 is 0. The fourth-order valence-corrected chi connectivity index (χ4v) is 0.0481. The third-order valence-electron chi connectivity index (χ3n) is 0.186. The number of carbonyl (C=O) groups is 1. The van der Waals surface area contributed by atoms with Gasteiger partial charge < -0.3 is 11.7 Å². The average Bonchev–Trinajstić information content (AvgIpc) is 1.41. The second kappa shape index (κ2) is 9.80. The number of ether oxygens (including phenoxy) is 1. The van der Waals surface area contributed by atoms with Gasteiger partial charge in [-0.3, -0.25) is 4.79 Å². The van der Waals surface area contributed by atoms with Gasteiger partial charge in [-0.05, 0) is 6.61 Å². The Balaban J connectivity index is 0. The maximum absolute atomic E-state index is 9.14. The minimum Gasteiger partial charge on any atom is -0.501 e. The van der Waals surface area contributed by atoms with Crippen molar-refractivity contribution in [3.05, 3.63) is 6.92 Å². The van der Waals surface area contributed by atoms with Crippen LogP contribution >= 0.6 is 0 Å². The molecule has 0 atom stereocenters. The topological polar surface area (TPSA) is 26.3 Å². The van der Waals surface area contributed by atoms with Crippen LogP contribution in [0.2, 0.25) is 0 Å². The Kier molecular flexibility index (Phi) is 14.4. The van der Waals surface area contributed by atoms with Crippen molar-refractivity contribution in [3.63, 3.8) is 0 Å². The molecule has 0 fully saturated rings. The molecule has 0 aromatic carbocycles. The van der Waals surface area contributed by atoms with Crippen LogP contribution in [0.25, 0.3) is 0 Å². The molecule has 0 aliphatic heterocycles. The van der Waals surface area contributed by atoms with Gasteiger partial charge in [0, 0.05) is 0 Å². The van der Waals surface area contributed by atoms with E-state index >= 15 is 0 Å². The van der Waals surface area contributed by atoms with Crippen molar-refractivity contribution in [1.29, 1.82) is 0 Å². The monoisotopic (exact) mass is 340 g/mol. The second-order valence-electron chi connectivity index (χ2n) is 0.467. The van der Waals surface area contributed by atoms with Crippen molar-refractivity contribution in [1.82, 2.24) is 0 Å². The quantitative estimate of drug-likeness (QED) is 0.522. The van der Waals surface area contributed by atoms with Gasteiger partial charge in [0.15, 0.2) is 0 Å². The van der Waals surface area contributed by atoms with E-state index < -0.39 is 0 Å². The van der Waals surface area contributed by atoms with Crippen molar-refractivity contribution in [3.8, 4) is 0 Å². The Morgan fingerprint density at radius 3 is 2.33 bits per heavy atom. The van der Waals surface area contributed by atoms with E-state index in [1.165, 1.54) is 0 Å². The van der Waals surface area contributed by atoms with Crippen LogP contribution in [-0.4, -0.2) is 13.1 Å². The molecule has 3 heteroatoms. The van der Waals surface area contributed by atoms with Gasteiger partial charge in [0.05, 0.1) is 0 Å². The molecular weight excluding hydrogens is 335 g/mol. The molecule has 0 N–H and O–H groups in total. The molecule has 6 heavy (non-hydrogen) atoms. The number of hydrogen-bond donors (Lipinski definition) is 0. The molecule has 0 radical (unpaired) electrons. The summed E-state index contributed by atoms with van der Waals surface area (Å²) in [6.45, 7) is 3.82. The standard InChI is InChI=1S/C3H5O2.Rf/c1-2-5-3-4;/h3H,1-2H2;/q-1;. The summed E-state index contributed by atoms with van der Waals surface area (Å²) in [5.41, 5.74) is 0. The van der Waals surface area contributed by atoms with Gasteiger partial charge in [0.1, 0.15) is 0 Å². The van der Waals surface area contributed by atoms with Gasteiger partial charge >= 0.3 is 0 Å². The first-order valence-electron chi connectivity index (χ1n) is 1.26. The van der Waals surface area contributed by atoms with Crippen molar-refractivity contribution in [2.75, 3.05) is 6.61 Å². The molecule has 0 unspecified atom stereocenters. The van der Waals surface area contributed by atoms with E-state index in [4.69, 9.17) is 4.79 Å². The maximum Gasteiger partial charge on any atom is 0.290 e. The minimum atomic E-state index is 0. The van der Waals surface area contributed by atoms with Crippen molar-refractivity contribution in [2.24, 2.45) is 0 Å². The minimum absolute atomic E-state index is 0. The van der Waals surface area contributed by atoms with Crippen LogP contribution < -0.4 is 0 Å². The SMILES string of the molecule is [CH2-]COC=O.[Rf]. The number of carbonyl (C=O) groups excluding carboxylic acids is 1. The van der Waals surface area contributed by atoms with Crippen LogP contribution in [-0.2, 0) is 9.53 Å². The van der Waals surface area contributed by atoms with Crippen molar-refractivity contribution in [2.45, 2.75) is 0 Å². The van der Waals surface area contributed by atoms with Gasteiger partial charge in [-0.1, -0.05) is 0 Å². The maximum atomic E-state index is 9.14. The zero-order chi connectivity index (χ0) is 4.12. The van der Waals surface area contributed by atoms with Crippen molar-refractivity contribution < 1.29 is 9.53 Å². The molecule has 0 amide bonds. The Labute approximate surface area is 30.7 Å². The van der Waals surface area contributed by atoms with E-state index in [-0.39, 0.29) is 6.61 Å². The molecular formula is C3H5O2Rf-. The van der Waals surface area contributed by atoms with Crippen LogP contribution in [0.4, 0.5) is 0 Å². The molecule has 32 valence electrons. The van der Waals surface area contributed by atoms with E-state index in [1.807, 2.05) is 0 Å². The van der Waals surface area contributed by atoms with Crippen molar-refractivity contribution >= 4 is 6.47 Å². The van der Waals surface area contributed by atoms with Gasteiger partial charge in [-0.25, -0.2) is 0 Å². The molecule has 0 heterocycles. The molecule has 0 aliphatic carbocycles. The van der Waals surface area contributed by atoms with E-state index in [2.05, 4.69) is 11.7 Å². The zero-order valence-electron chi connectivity index (χ0n) is 3.52. The third-order valence-corrected chi connectivity index (χ3v) is 0.186. The van der Waals surface area contributed by atoms with E-state index in [9.17, 15) is 0 Å². The zero-order valence-corrected chi connectivity index (χ0v) is 9.91. The Bertz CT molecular complexity index is 30.0. The largest absolute Gasteiger partial charge is 0.501 e. The summed E-state index contributed by atoms with van der Waals surface area (Å²) in [5, 5.41) is 0. The van der Waals surface area contributed by atoms with E-state index in [0.717, 1.165) is 0 Å². The number of rotatable bonds is 2. The summed E-state index contributed by atoms with van der Waals surface area (Å²) < 4.78 is 4.04. The number of hydrogen-bond acceptors (Lipinski definition) is 2. The predicted molar refractivity (Wildman–Crippen MR) is 17.4 cm³/mol. The first-order valence-corrected chi connectivity index (χ1v) is 1.26. The van der Waals surface area contributed by atoms with E-state index in [1.54, 1.807) is 0 Å². The summed E-state index contributed by atoms with van der Waals surface area (Å²) in [6, 6.07) is 0. The summed E-state index contributed by atoms with van der Waals surface area (Å²) in [7, 11) is 0. The molecule has 0 aromatic heterocycles. The molecule has 0 bridgehead atoms. The Hall–Kier alpha value is -1.53. The average molecular weight is 340 g/mol. The smallest absolute Gasteiger partial charge is 0.290 e. The van der Waals surface area contributed by atoms with Gasteiger partial charge in [-0.2, -0.15) is 0 Å². The molecule has 0 spiro atoms. The summed E-state index contributed by atoms with van der Waals surface area (Å²) in [5.74, 6) is 0. The molecule has 0 saturated heterocycles. The normalized spacial score (nSPS) is 5.50. The summed E-state index contributed by atoms with van der Waals surface area (Å²) in [4.78, 5) is 9.14.